The first-order chi connectivity index (χ1) is 10.2. The van der Waals surface area contributed by atoms with Gasteiger partial charge in [0, 0.05) is 11.4 Å². The summed E-state index contributed by atoms with van der Waals surface area (Å²) in [6, 6.07) is 7.90. The van der Waals surface area contributed by atoms with E-state index in [0.29, 0.717) is 12.5 Å². The molecule has 4 nitrogen and oxygen atoms in total. The highest BCUT2D eigenvalue weighted by Crippen LogP contribution is 2.11. The Morgan fingerprint density at radius 3 is 2.76 bits per heavy atom. The SMILES string of the molecule is CCCNC(Cn1ncc2ccccc2c1=O)C(C)CC. The fourth-order valence-corrected chi connectivity index (χ4v) is 2.50. The van der Waals surface area contributed by atoms with Crippen molar-refractivity contribution < 1.29 is 0 Å². The second-order valence-electron chi connectivity index (χ2n) is 5.67. The number of rotatable bonds is 7. The maximum atomic E-state index is 12.5. The molecule has 1 heterocycles. The summed E-state index contributed by atoms with van der Waals surface area (Å²) in [5.74, 6) is 0.511. The van der Waals surface area contributed by atoms with Crippen LogP contribution in [0.1, 0.15) is 33.6 Å². The quantitative estimate of drug-likeness (QED) is 0.852. The second kappa shape index (κ2) is 7.36. The molecule has 0 saturated carbocycles. The number of fused-ring (bicyclic) bond motifs is 1. The molecule has 0 fully saturated rings. The van der Waals surface area contributed by atoms with E-state index >= 15 is 0 Å². The van der Waals surface area contributed by atoms with Gasteiger partial charge in [-0.1, -0.05) is 45.4 Å². The number of nitrogens with one attached hydrogen (secondary N) is 1. The van der Waals surface area contributed by atoms with Crippen molar-refractivity contribution in [2.75, 3.05) is 6.54 Å². The Morgan fingerprint density at radius 2 is 2.05 bits per heavy atom. The Balaban J connectivity index is 2.28. The highest BCUT2D eigenvalue weighted by Gasteiger charge is 2.17. The minimum Gasteiger partial charge on any atom is -0.312 e. The van der Waals surface area contributed by atoms with Gasteiger partial charge in [-0.3, -0.25) is 4.79 Å². The molecule has 0 aliphatic heterocycles. The third-order valence-electron chi connectivity index (χ3n) is 4.12. The van der Waals surface area contributed by atoms with Crippen LogP contribution in [-0.2, 0) is 6.54 Å². The monoisotopic (exact) mass is 287 g/mol. The zero-order chi connectivity index (χ0) is 15.2. The van der Waals surface area contributed by atoms with Gasteiger partial charge in [-0.15, -0.1) is 0 Å². The highest BCUT2D eigenvalue weighted by atomic mass is 16.1. The van der Waals surface area contributed by atoms with Gasteiger partial charge in [0.1, 0.15) is 0 Å². The Hall–Kier alpha value is -1.68. The molecule has 1 aromatic carbocycles. The normalized spacial score (nSPS) is 14.2. The van der Waals surface area contributed by atoms with Gasteiger partial charge in [-0.2, -0.15) is 5.10 Å². The van der Waals surface area contributed by atoms with Crippen LogP contribution in [0.15, 0.2) is 35.3 Å². The fraction of sp³-hybridized carbons (Fsp3) is 0.529. The minimum atomic E-state index is -0.000276. The third kappa shape index (κ3) is 3.70. The van der Waals surface area contributed by atoms with Gasteiger partial charge in [0.2, 0.25) is 0 Å². The van der Waals surface area contributed by atoms with Crippen molar-refractivity contribution in [1.29, 1.82) is 0 Å². The summed E-state index contributed by atoms with van der Waals surface area (Å²) in [5, 5.41) is 9.52. The lowest BCUT2D eigenvalue weighted by molar-refractivity contribution is 0.314. The van der Waals surface area contributed by atoms with E-state index in [0.717, 1.165) is 30.2 Å². The third-order valence-corrected chi connectivity index (χ3v) is 4.12. The van der Waals surface area contributed by atoms with E-state index in [-0.39, 0.29) is 11.6 Å². The maximum Gasteiger partial charge on any atom is 0.274 e. The number of nitrogens with zero attached hydrogens (tertiary/aromatic N) is 2. The van der Waals surface area contributed by atoms with Crippen molar-refractivity contribution in [3.8, 4) is 0 Å². The van der Waals surface area contributed by atoms with Gasteiger partial charge < -0.3 is 5.32 Å². The van der Waals surface area contributed by atoms with Crippen LogP contribution in [0, 0.1) is 5.92 Å². The molecule has 0 amide bonds. The molecule has 2 unspecified atom stereocenters. The summed E-state index contributed by atoms with van der Waals surface area (Å²) in [7, 11) is 0. The Labute approximate surface area is 126 Å². The molecule has 1 aromatic heterocycles. The zero-order valence-electron chi connectivity index (χ0n) is 13.2. The molecule has 2 atom stereocenters. The molecular weight excluding hydrogens is 262 g/mol. The van der Waals surface area contributed by atoms with Gasteiger partial charge in [0.05, 0.1) is 18.1 Å². The van der Waals surface area contributed by atoms with E-state index in [2.05, 4.69) is 31.2 Å². The first-order valence-electron chi connectivity index (χ1n) is 7.85. The molecule has 0 spiro atoms. The van der Waals surface area contributed by atoms with Crippen LogP contribution in [0.2, 0.25) is 0 Å². The summed E-state index contributed by atoms with van der Waals surface area (Å²) in [6.07, 6.45) is 3.96. The fourth-order valence-electron chi connectivity index (χ4n) is 2.50. The lowest BCUT2D eigenvalue weighted by Crippen LogP contribution is -2.42. The summed E-state index contributed by atoms with van der Waals surface area (Å²) in [6.45, 7) is 8.15. The molecule has 0 radical (unpaired) electrons. The van der Waals surface area contributed by atoms with Crippen LogP contribution in [0.25, 0.3) is 10.8 Å². The van der Waals surface area contributed by atoms with Gasteiger partial charge in [-0.05, 0) is 24.9 Å². The van der Waals surface area contributed by atoms with Crippen LogP contribution in [0.3, 0.4) is 0 Å². The summed E-state index contributed by atoms with van der Waals surface area (Å²) < 4.78 is 1.60. The van der Waals surface area contributed by atoms with E-state index in [4.69, 9.17) is 0 Å². The van der Waals surface area contributed by atoms with Crippen LogP contribution in [0.4, 0.5) is 0 Å². The average Bonchev–Trinajstić information content (AvgIpc) is 2.53. The molecular formula is C17H25N3O. The average molecular weight is 287 g/mol. The zero-order valence-corrected chi connectivity index (χ0v) is 13.2. The van der Waals surface area contributed by atoms with Crippen LogP contribution in [0.5, 0.6) is 0 Å². The van der Waals surface area contributed by atoms with Crippen molar-refractivity contribution in [2.24, 2.45) is 5.92 Å². The van der Waals surface area contributed by atoms with Gasteiger partial charge in [-0.25, -0.2) is 4.68 Å². The Bertz CT molecular complexity index is 635. The van der Waals surface area contributed by atoms with E-state index in [9.17, 15) is 4.79 Å². The predicted molar refractivity (Wildman–Crippen MR) is 87.5 cm³/mol. The molecule has 2 aromatic rings. The highest BCUT2D eigenvalue weighted by molar-refractivity contribution is 5.80. The van der Waals surface area contributed by atoms with Crippen molar-refractivity contribution in [3.05, 3.63) is 40.8 Å². The van der Waals surface area contributed by atoms with Crippen molar-refractivity contribution in [3.63, 3.8) is 0 Å². The summed E-state index contributed by atoms with van der Waals surface area (Å²) in [4.78, 5) is 12.5. The van der Waals surface area contributed by atoms with Crippen LogP contribution < -0.4 is 10.9 Å². The van der Waals surface area contributed by atoms with Crippen LogP contribution >= 0.6 is 0 Å². The number of aromatic nitrogens is 2. The number of hydrogen-bond donors (Lipinski definition) is 1. The maximum absolute atomic E-state index is 12.5. The second-order valence-corrected chi connectivity index (χ2v) is 5.67. The molecule has 114 valence electrons. The number of hydrogen-bond acceptors (Lipinski definition) is 3. The molecule has 2 rings (SSSR count). The Kier molecular flexibility index (Phi) is 5.51. The molecule has 0 bridgehead atoms. The van der Waals surface area contributed by atoms with E-state index in [1.165, 1.54) is 0 Å². The molecule has 0 aliphatic rings. The standard InChI is InChI=1S/C17H25N3O/c1-4-10-18-16(13(3)5-2)12-20-17(21)15-9-7-6-8-14(15)11-19-20/h6-9,11,13,16,18H,4-5,10,12H2,1-3H3. The van der Waals surface area contributed by atoms with E-state index in [1.807, 2.05) is 24.3 Å². The van der Waals surface area contributed by atoms with Crippen LogP contribution in [-0.4, -0.2) is 22.4 Å². The lowest BCUT2D eigenvalue weighted by Gasteiger charge is -2.24. The summed E-state index contributed by atoms with van der Waals surface area (Å²) in [5.41, 5.74) is -0.000276. The molecule has 0 aliphatic carbocycles. The first kappa shape index (κ1) is 15.7. The molecule has 0 saturated heterocycles. The largest absolute Gasteiger partial charge is 0.312 e. The van der Waals surface area contributed by atoms with Crippen molar-refractivity contribution in [1.82, 2.24) is 15.1 Å². The molecule has 4 heteroatoms. The van der Waals surface area contributed by atoms with Crippen molar-refractivity contribution >= 4 is 10.8 Å². The predicted octanol–water partition coefficient (Wildman–Crippen LogP) is 2.81. The summed E-state index contributed by atoms with van der Waals surface area (Å²) >= 11 is 0. The van der Waals surface area contributed by atoms with E-state index < -0.39 is 0 Å². The van der Waals surface area contributed by atoms with Gasteiger partial charge >= 0.3 is 0 Å². The smallest absolute Gasteiger partial charge is 0.274 e. The first-order valence-corrected chi connectivity index (χ1v) is 7.85. The van der Waals surface area contributed by atoms with Gasteiger partial charge in [0.25, 0.3) is 5.56 Å². The van der Waals surface area contributed by atoms with E-state index in [1.54, 1.807) is 10.9 Å². The molecule has 21 heavy (non-hydrogen) atoms. The Morgan fingerprint density at radius 1 is 1.29 bits per heavy atom. The minimum absolute atomic E-state index is 0.000276. The lowest BCUT2D eigenvalue weighted by atomic mass is 9.99. The van der Waals surface area contributed by atoms with Crippen molar-refractivity contribution in [2.45, 2.75) is 46.2 Å². The number of benzene rings is 1. The van der Waals surface area contributed by atoms with Gasteiger partial charge in [0.15, 0.2) is 0 Å². The topological polar surface area (TPSA) is 46.9 Å². The molecule has 1 N–H and O–H groups in total.